The molecule has 0 bridgehead atoms. The lowest BCUT2D eigenvalue weighted by Gasteiger charge is -2.23. The number of carboxylic acid groups (broad SMARTS) is 1. The zero-order valence-corrected chi connectivity index (χ0v) is 15.4. The Morgan fingerprint density at radius 3 is 2.77 bits per heavy atom. The van der Waals surface area contributed by atoms with Crippen molar-refractivity contribution in [3.05, 3.63) is 47.3 Å². The topological polar surface area (TPSA) is 104 Å². The van der Waals surface area contributed by atoms with Crippen LogP contribution in [0.2, 0.25) is 0 Å². The van der Waals surface area contributed by atoms with Crippen LogP contribution in [0.4, 0.5) is 5.69 Å². The van der Waals surface area contributed by atoms with Gasteiger partial charge in [0.15, 0.2) is 0 Å². The molecule has 2 aromatic rings. The Morgan fingerprint density at radius 2 is 2.08 bits per heavy atom. The largest absolute Gasteiger partial charge is 0.481 e. The van der Waals surface area contributed by atoms with Gasteiger partial charge in [-0.2, -0.15) is 0 Å². The number of sulfonamides is 1. The first-order chi connectivity index (χ1) is 12.4. The van der Waals surface area contributed by atoms with E-state index in [1.54, 1.807) is 34.5 Å². The van der Waals surface area contributed by atoms with Crippen LogP contribution in [0.3, 0.4) is 0 Å². The van der Waals surface area contributed by atoms with E-state index in [0.29, 0.717) is 24.2 Å². The van der Waals surface area contributed by atoms with Crippen LogP contribution < -0.4 is 4.72 Å². The summed E-state index contributed by atoms with van der Waals surface area (Å²) < 4.78 is 27.3. The number of carboxylic acids is 1. The highest BCUT2D eigenvalue weighted by atomic mass is 32.2. The second-order valence-corrected chi connectivity index (χ2v) is 8.87. The van der Waals surface area contributed by atoms with Crippen LogP contribution in [-0.4, -0.2) is 42.9 Å². The Bertz CT molecular complexity index is 909. The number of anilines is 1. The van der Waals surface area contributed by atoms with Gasteiger partial charge < -0.3 is 10.0 Å². The molecule has 1 amide bonds. The van der Waals surface area contributed by atoms with E-state index in [0.717, 1.165) is 17.8 Å². The number of benzene rings is 1. The minimum absolute atomic E-state index is 0.0869. The molecule has 0 saturated carbocycles. The first-order valence-corrected chi connectivity index (χ1v) is 10.4. The molecule has 1 fully saturated rings. The molecule has 2 heterocycles. The lowest BCUT2D eigenvalue weighted by molar-refractivity contribution is -0.137. The molecule has 1 aliphatic heterocycles. The molecule has 0 radical (unpaired) electrons. The normalized spacial score (nSPS) is 17.2. The second kappa shape index (κ2) is 7.46. The molecule has 1 aromatic carbocycles. The zero-order chi connectivity index (χ0) is 18.7. The van der Waals surface area contributed by atoms with Gasteiger partial charge in [0.2, 0.25) is 0 Å². The summed E-state index contributed by atoms with van der Waals surface area (Å²) in [7, 11) is -3.69. The Hall–Kier alpha value is -2.39. The standard InChI is InChI=1S/C17H18N2O5S2/c20-15(21)11-14-6-2-8-19(14)17(22)12-4-1-5-13(10-12)18-26(23,24)16-7-3-9-25-16/h1,3-5,7,9-10,14,18H,2,6,8,11H2,(H,20,21). The molecular formula is C17H18N2O5S2. The first-order valence-electron chi connectivity index (χ1n) is 8.06. The maximum Gasteiger partial charge on any atom is 0.305 e. The van der Waals surface area contributed by atoms with E-state index in [4.69, 9.17) is 5.11 Å². The van der Waals surface area contributed by atoms with Crippen molar-refractivity contribution in [3.8, 4) is 0 Å². The van der Waals surface area contributed by atoms with Crippen LogP contribution in [0.15, 0.2) is 46.0 Å². The number of rotatable bonds is 6. The Kier molecular flexibility index (Phi) is 5.28. The van der Waals surface area contributed by atoms with Gasteiger partial charge >= 0.3 is 5.97 Å². The molecule has 0 spiro atoms. The maximum atomic E-state index is 12.7. The van der Waals surface area contributed by atoms with Crippen molar-refractivity contribution in [1.82, 2.24) is 4.90 Å². The highest BCUT2D eigenvalue weighted by Crippen LogP contribution is 2.25. The molecule has 1 atom stereocenters. The monoisotopic (exact) mass is 394 g/mol. The Morgan fingerprint density at radius 1 is 1.27 bits per heavy atom. The lowest BCUT2D eigenvalue weighted by atomic mass is 10.1. The van der Waals surface area contributed by atoms with E-state index in [1.807, 2.05) is 0 Å². The summed E-state index contributed by atoms with van der Waals surface area (Å²) in [6, 6.07) is 9.07. The van der Waals surface area contributed by atoms with Crippen molar-refractivity contribution in [1.29, 1.82) is 0 Å². The summed E-state index contributed by atoms with van der Waals surface area (Å²) in [4.78, 5) is 25.3. The summed E-state index contributed by atoms with van der Waals surface area (Å²) in [5.41, 5.74) is 0.617. The molecule has 26 heavy (non-hydrogen) atoms. The fraction of sp³-hybridized carbons (Fsp3) is 0.294. The second-order valence-electron chi connectivity index (χ2n) is 6.01. The fourth-order valence-electron chi connectivity index (χ4n) is 3.02. The molecule has 9 heteroatoms. The van der Waals surface area contributed by atoms with E-state index in [1.165, 1.54) is 12.1 Å². The minimum atomic E-state index is -3.69. The predicted molar refractivity (Wildman–Crippen MR) is 97.9 cm³/mol. The van der Waals surface area contributed by atoms with Gasteiger partial charge in [0.05, 0.1) is 6.42 Å². The number of amides is 1. The van der Waals surface area contributed by atoms with Crippen molar-refractivity contribution in [2.24, 2.45) is 0 Å². The van der Waals surface area contributed by atoms with Gasteiger partial charge in [-0.05, 0) is 42.5 Å². The van der Waals surface area contributed by atoms with Crippen molar-refractivity contribution in [2.45, 2.75) is 29.5 Å². The molecule has 1 saturated heterocycles. The fourth-order valence-corrected chi connectivity index (χ4v) is 5.06. The quantitative estimate of drug-likeness (QED) is 0.784. The van der Waals surface area contributed by atoms with Gasteiger partial charge in [0, 0.05) is 23.8 Å². The Labute approximate surface area is 155 Å². The number of carbonyl (C=O) groups excluding carboxylic acids is 1. The lowest BCUT2D eigenvalue weighted by Crippen LogP contribution is -2.36. The van der Waals surface area contributed by atoms with Crippen LogP contribution in [0.5, 0.6) is 0 Å². The first kappa shape index (κ1) is 18.4. The smallest absolute Gasteiger partial charge is 0.305 e. The molecular weight excluding hydrogens is 376 g/mol. The number of carbonyl (C=O) groups is 2. The summed E-state index contributed by atoms with van der Waals surface area (Å²) in [5.74, 6) is -1.22. The van der Waals surface area contributed by atoms with Crippen molar-refractivity contribution in [3.63, 3.8) is 0 Å². The van der Waals surface area contributed by atoms with Crippen LogP contribution in [-0.2, 0) is 14.8 Å². The summed E-state index contributed by atoms with van der Waals surface area (Å²) in [6.45, 7) is 0.502. The molecule has 1 aromatic heterocycles. The minimum Gasteiger partial charge on any atom is -0.481 e. The predicted octanol–water partition coefficient (Wildman–Crippen LogP) is 2.63. The van der Waals surface area contributed by atoms with Gasteiger partial charge in [-0.15, -0.1) is 11.3 Å². The third-order valence-electron chi connectivity index (χ3n) is 4.17. The van der Waals surface area contributed by atoms with Crippen LogP contribution in [0.1, 0.15) is 29.6 Å². The van der Waals surface area contributed by atoms with Crippen molar-refractivity contribution in [2.75, 3.05) is 11.3 Å². The Balaban J connectivity index is 1.79. The van der Waals surface area contributed by atoms with Crippen molar-refractivity contribution < 1.29 is 23.1 Å². The van der Waals surface area contributed by atoms with E-state index in [-0.39, 0.29) is 22.6 Å². The third kappa shape index (κ3) is 4.05. The number of hydrogen-bond donors (Lipinski definition) is 2. The van der Waals surface area contributed by atoms with Gasteiger partial charge in [-0.1, -0.05) is 12.1 Å². The number of thiophene rings is 1. The third-order valence-corrected chi connectivity index (χ3v) is 6.95. The molecule has 1 aliphatic rings. The molecule has 7 nitrogen and oxygen atoms in total. The number of aliphatic carboxylic acids is 1. The maximum absolute atomic E-state index is 12.7. The number of nitrogens with one attached hydrogen (secondary N) is 1. The van der Waals surface area contributed by atoms with E-state index in [2.05, 4.69) is 4.72 Å². The summed E-state index contributed by atoms with van der Waals surface area (Å²) in [6.07, 6.45) is 1.33. The van der Waals surface area contributed by atoms with Gasteiger partial charge in [-0.25, -0.2) is 8.42 Å². The van der Waals surface area contributed by atoms with Gasteiger partial charge in [0.1, 0.15) is 4.21 Å². The van der Waals surface area contributed by atoms with Crippen LogP contribution >= 0.6 is 11.3 Å². The van der Waals surface area contributed by atoms with E-state index < -0.39 is 16.0 Å². The van der Waals surface area contributed by atoms with Crippen LogP contribution in [0, 0.1) is 0 Å². The molecule has 1 unspecified atom stereocenters. The van der Waals surface area contributed by atoms with Crippen molar-refractivity contribution >= 4 is 38.9 Å². The highest BCUT2D eigenvalue weighted by molar-refractivity contribution is 7.94. The molecule has 138 valence electrons. The number of likely N-dealkylation sites (tertiary alicyclic amines) is 1. The summed E-state index contributed by atoms with van der Waals surface area (Å²) >= 11 is 1.10. The average molecular weight is 394 g/mol. The molecule has 0 aliphatic carbocycles. The molecule has 3 rings (SSSR count). The SMILES string of the molecule is O=C(O)CC1CCCN1C(=O)c1cccc(NS(=O)(=O)c2cccs2)c1. The van der Waals surface area contributed by atoms with Gasteiger partial charge in [-0.3, -0.25) is 14.3 Å². The number of nitrogens with zero attached hydrogens (tertiary/aromatic N) is 1. The summed E-state index contributed by atoms with van der Waals surface area (Å²) in [5, 5.41) is 10.7. The molecule has 2 N–H and O–H groups in total. The highest BCUT2D eigenvalue weighted by Gasteiger charge is 2.31. The average Bonchev–Trinajstić information content (AvgIpc) is 3.25. The van der Waals surface area contributed by atoms with Gasteiger partial charge in [0.25, 0.3) is 15.9 Å². The van der Waals surface area contributed by atoms with E-state index >= 15 is 0 Å². The zero-order valence-electron chi connectivity index (χ0n) is 13.8. The number of hydrogen-bond acceptors (Lipinski definition) is 5. The van der Waals surface area contributed by atoms with Crippen LogP contribution in [0.25, 0.3) is 0 Å². The van der Waals surface area contributed by atoms with E-state index in [9.17, 15) is 18.0 Å².